The third kappa shape index (κ3) is 5.11. The predicted octanol–water partition coefficient (Wildman–Crippen LogP) is 4.10. The molecule has 1 unspecified atom stereocenters. The van der Waals surface area contributed by atoms with E-state index >= 15 is 0 Å². The summed E-state index contributed by atoms with van der Waals surface area (Å²) in [6.07, 6.45) is 6.61. The Morgan fingerprint density at radius 1 is 1.09 bits per heavy atom. The van der Waals surface area contributed by atoms with Gasteiger partial charge in [0, 0.05) is 68.8 Å². The topological polar surface area (TPSA) is 107 Å². The smallest absolute Gasteiger partial charge is 0.255 e. The number of aryl methyl sites for hydroxylation is 1. The van der Waals surface area contributed by atoms with Crippen molar-refractivity contribution in [3.8, 4) is 22.9 Å². The van der Waals surface area contributed by atoms with Gasteiger partial charge in [-0.15, -0.1) is 0 Å². The largest absolute Gasteiger partial charge is 0.494 e. The Hall–Kier alpha value is -4.05. The van der Waals surface area contributed by atoms with E-state index in [0.717, 1.165) is 65.1 Å². The number of methoxy groups -OCH3 is 1. The van der Waals surface area contributed by atoms with Gasteiger partial charge in [0.05, 0.1) is 30.5 Å². The van der Waals surface area contributed by atoms with E-state index in [2.05, 4.69) is 23.6 Å². The number of fused-ring (bicyclic) bond motifs is 2. The van der Waals surface area contributed by atoms with Gasteiger partial charge in [0.25, 0.3) is 5.91 Å². The Balaban J connectivity index is 1.29. The molecule has 2 N–H and O–H groups in total. The van der Waals surface area contributed by atoms with E-state index in [1.807, 2.05) is 36.3 Å². The van der Waals surface area contributed by atoms with E-state index in [-0.39, 0.29) is 23.8 Å². The maximum atomic E-state index is 13.5. The lowest BCUT2D eigenvalue weighted by molar-refractivity contribution is -0.126. The van der Waals surface area contributed by atoms with E-state index in [9.17, 15) is 9.59 Å². The Morgan fingerprint density at radius 3 is 2.65 bits per heavy atom. The van der Waals surface area contributed by atoms with Crippen LogP contribution in [-0.2, 0) is 11.3 Å². The molecule has 2 aliphatic heterocycles. The zero-order chi connectivity index (χ0) is 29.8. The van der Waals surface area contributed by atoms with Gasteiger partial charge in [-0.05, 0) is 56.7 Å². The molecule has 0 spiro atoms. The van der Waals surface area contributed by atoms with Gasteiger partial charge in [-0.2, -0.15) is 5.10 Å². The van der Waals surface area contributed by atoms with Crippen LogP contribution in [0, 0.1) is 18.8 Å². The maximum Gasteiger partial charge on any atom is 0.255 e. The number of carbonyl (C=O) groups is 2. The van der Waals surface area contributed by atoms with E-state index in [0.29, 0.717) is 43.3 Å². The van der Waals surface area contributed by atoms with Crippen molar-refractivity contribution in [3.05, 3.63) is 47.7 Å². The van der Waals surface area contributed by atoms with Crippen molar-refractivity contribution in [2.45, 2.75) is 51.6 Å². The van der Waals surface area contributed by atoms with Crippen LogP contribution in [0.2, 0.25) is 0 Å². The monoisotopic (exact) mass is 584 g/mol. The lowest BCUT2D eigenvalue weighted by Gasteiger charge is -2.30. The number of rotatable bonds is 8. The molecule has 1 saturated carbocycles. The number of ether oxygens (including phenoxy) is 2. The van der Waals surface area contributed by atoms with Gasteiger partial charge in [-0.1, -0.05) is 12.1 Å². The third-order valence-electron chi connectivity index (χ3n) is 9.30. The molecule has 2 atom stereocenters. The summed E-state index contributed by atoms with van der Waals surface area (Å²) < 4.78 is 16.4. The fraction of sp³-hybridized carbons (Fsp3) is 0.485. The first-order valence-corrected chi connectivity index (χ1v) is 15.4. The van der Waals surface area contributed by atoms with Crippen LogP contribution in [0.4, 0.5) is 0 Å². The van der Waals surface area contributed by atoms with Gasteiger partial charge in [-0.3, -0.25) is 9.59 Å². The van der Waals surface area contributed by atoms with E-state index in [1.165, 1.54) is 12.8 Å². The molecule has 0 radical (unpaired) electrons. The maximum absolute atomic E-state index is 13.5. The van der Waals surface area contributed by atoms with Crippen LogP contribution < -0.4 is 15.2 Å². The Bertz CT molecular complexity index is 1720. The molecule has 226 valence electrons. The lowest BCUT2D eigenvalue weighted by Crippen LogP contribution is -2.45. The minimum Gasteiger partial charge on any atom is -0.494 e. The van der Waals surface area contributed by atoms with Gasteiger partial charge in [0.2, 0.25) is 5.91 Å². The molecule has 5 heterocycles. The molecule has 7 rings (SSSR count). The molecule has 4 aromatic rings. The first-order valence-electron chi connectivity index (χ1n) is 15.4. The van der Waals surface area contributed by atoms with Crippen LogP contribution in [0.1, 0.15) is 48.0 Å². The molecule has 10 nitrogen and oxygen atoms in total. The summed E-state index contributed by atoms with van der Waals surface area (Å²) in [4.78, 5) is 29.2. The normalized spacial score (nSPS) is 20.9. The van der Waals surface area contributed by atoms with Gasteiger partial charge >= 0.3 is 0 Å². The quantitative estimate of drug-likeness (QED) is 0.334. The number of benzene rings is 1. The van der Waals surface area contributed by atoms with Crippen LogP contribution >= 0.6 is 0 Å². The summed E-state index contributed by atoms with van der Waals surface area (Å²) in [6, 6.07) is 10.2. The van der Waals surface area contributed by atoms with Crippen molar-refractivity contribution in [3.63, 3.8) is 0 Å². The number of amides is 2. The van der Waals surface area contributed by atoms with Crippen molar-refractivity contribution in [2.75, 3.05) is 40.4 Å². The van der Waals surface area contributed by atoms with E-state index < -0.39 is 0 Å². The number of nitrogens with zero attached hydrogens (tertiary/aromatic N) is 5. The zero-order valence-electron chi connectivity index (χ0n) is 25.2. The Kier molecular flexibility index (Phi) is 7.04. The molecule has 3 fully saturated rings. The summed E-state index contributed by atoms with van der Waals surface area (Å²) in [5, 5.41) is 6.16. The first kappa shape index (κ1) is 27.8. The molecule has 10 heteroatoms. The van der Waals surface area contributed by atoms with Crippen LogP contribution in [0.3, 0.4) is 0 Å². The Morgan fingerprint density at radius 2 is 1.93 bits per heavy atom. The highest BCUT2D eigenvalue weighted by atomic mass is 16.5. The number of likely N-dealkylation sites (tertiary alicyclic amines) is 2. The van der Waals surface area contributed by atoms with Gasteiger partial charge in [0.15, 0.2) is 0 Å². The summed E-state index contributed by atoms with van der Waals surface area (Å²) in [5.74, 6) is 2.38. The standard InChI is InChI=1S/C33H40N6O4/c1-20-30(35-39-17-24(14-28(42-3)31(20)39)33(41)37-11-5-7-25(34)18-37)26-13-23-6-4-8-27(32(23)38(26)16-21-9-10-21)43-19-22-12-29(40)36(2)15-22/h4,6,8,13-14,17,21-22,25H,5,7,9-12,15-16,18-19,34H2,1-3H3/t22?,25-/m1/s1. The minimum absolute atomic E-state index is 0.00567. The number of carbonyl (C=O) groups excluding carboxylic acids is 2. The SMILES string of the molecule is COc1cc(C(=O)N2CCC[C@@H](N)C2)cn2nc(-c3cc4cccc(OCC5CC(=O)N(C)C5)c4n3CC3CC3)c(C)c12. The Labute approximate surface area is 251 Å². The minimum atomic E-state index is -0.0511. The molecule has 3 aromatic heterocycles. The van der Waals surface area contributed by atoms with Gasteiger partial charge < -0.3 is 29.6 Å². The van der Waals surface area contributed by atoms with Gasteiger partial charge in [-0.25, -0.2) is 4.52 Å². The molecule has 43 heavy (non-hydrogen) atoms. The highest BCUT2D eigenvalue weighted by Crippen LogP contribution is 2.41. The van der Waals surface area contributed by atoms with Crippen molar-refractivity contribution in [1.29, 1.82) is 0 Å². The van der Waals surface area contributed by atoms with Crippen LogP contribution in [0.25, 0.3) is 27.8 Å². The number of pyridine rings is 1. The molecule has 0 bridgehead atoms. The van der Waals surface area contributed by atoms with E-state index in [4.69, 9.17) is 20.3 Å². The van der Waals surface area contributed by atoms with Crippen LogP contribution in [-0.4, -0.2) is 82.2 Å². The number of piperidine rings is 1. The first-order chi connectivity index (χ1) is 20.8. The van der Waals surface area contributed by atoms with Crippen LogP contribution in [0.15, 0.2) is 36.5 Å². The highest BCUT2D eigenvalue weighted by molar-refractivity contribution is 5.96. The number of hydrogen-bond donors (Lipinski definition) is 1. The zero-order valence-corrected chi connectivity index (χ0v) is 25.2. The summed E-state index contributed by atoms with van der Waals surface area (Å²) in [6.45, 7) is 5.43. The summed E-state index contributed by atoms with van der Waals surface area (Å²) >= 11 is 0. The fourth-order valence-corrected chi connectivity index (χ4v) is 6.81. The van der Waals surface area contributed by atoms with E-state index in [1.54, 1.807) is 16.5 Å². The molecule has 2 saturated heterocycles. The molecule has 1 aromatic carbocycles. The average Bonchev–Trinajstić information content (AvgIpc) is 3.55. The summed E-state index contributed by atoms with van der Waals surface area (Å²) in [7, 11) is 3.49. The molecular weight excluding hydrogens is 544 g/mol. The molecule has 3 aliphatic rings. The molecule has 1 aliphatic carbocycles. The predicted molar refractivity (Wildman–Crippen MR) is 164 cm³/mol. The number of para-hydroxylation sites is 1. The second-order valence-electron chi connectivity index (χ2n) is 12.7. The second kappa shape index (κ2) is 10.9. The lowest BCUT2D eigenvalue weighted by atomic mass is 10.1. The van der Waals surface area contributed by atoms with Crippen LogP contribution in [0.5, 0.6) is 11.5 Å². The second-order valence-corrected chi connectivity index (χ2v) is 12.7. The number of aromatic nitrogens is 3. The molecular formula is C33H40N6O4. The van der Waals surface area contributed by atoms with Crippen molar-refractivity contribution in [1.82, 2.24) is 24.0 Å². The third-order valence-corrected chi connectivity index (χ3v) is 9.30. The molecule has 2 amide bonds. The average molecular weight is 585 g/mol. The number of nitrogens with two attached hydrogens (primary N) is 1. The van der Waals surface area contributed by atoms with Crippen molar-refractivity contribution in [2.24, 2.45) is 17.6 Å². The highest BCUT2D eigenvalue weighted by Gasteiger charge is 2.30. The summed E-state index contributed by atoms with van der Waals surface area (Å²) in [5.41, 5.74) is 11.5. The fourth-order valence-electron chi connectivity index (χ4n) is 6.81. The van der Waals surface area contributed by atoms with Crippen molar-refractivity contribution < 1.29 is 19.1 Å². The number of hydrogen-bond acceptors (Lipinski definition) is 6. The van der Waals surface area contributed by atoms with Gasteiger partial charge in [0.1, 0.15) is 22.7 Å². The van der Waals surface area contributed by atoms with Crippen molar-refractivity contribution >= 4 is 28.2 Å².